The topological polar surface area (TPSA) is 0 Å². The van der Waals surface area contributed by atoms with E-state index in [1.165, 1.54) is 22.3 Å². The molecule has 0 aliphatic rings. The van der Waals surface area contributed by atoms with Crippen molar-refractivity contribution < 1.29 is 26.2 Å². The van der Waals surface area contributed by atoms with Crippen LogP contribution in [0.15, 0.2) is 36.4 Å². The zero-order valence-electron chi connectivity index (χ0n) is 14.5. The Morgan fingerprint density at radius 2 is 1.10 bits per heavy atom. The summed E-state index contributed by atoms with van der Waals surface area (Å²) < 4.78 is 0. The normalized spacial score (nSPS) is 10.3. The number of hydrogen-bond donors (Lipinski definition) is 0. The molecule has 0 unspecified atom stereocenters. The predicted octanol–water partition coefficient (Wildman–Crippen LogP) is 6.18. The van der Waals surface area contributed by atoms with Gasteiger partial charge in [-0.1, -0.05) is 66.2 Å². The van der Waals surface area contributed by atoms with Gasteiger partial charge >= 0.3 is 26.2 Å². The van der Waals surface area contributed by atoms with Crippen molar-refractivity contribution in [1.82, 2.24) is 0 Å². The van der Waals surface area contributed by atoms with Crippen LogP contribution in [0.1, 0.15) is 75.6 Å². The van der Waals surface area contributed by atoms with Crippen LogP contribution in [0.2, 0.25) is 0 Å². The molecule has 0 aliphatic carbocycles. The Bertz CT molecular complexity index is 439. The van der Waals surface area contributed by atoms with Crippen molar-refractivity contribution in [3.05, 3.63) is 58.7 Å². The summed E-state index contributed by atoms with van der Waals surface area (Å²) in [6.45, 7) is 13.3. The molecular weight excluding hydrogens is 331 g/mol. The van der Waals surface area contributed by atoms with Gasteiger partial charge in [-0.2, -0.15) is 46.5 Å². The van der Waals surface area contributed by atoms with Gasteiger partial charge in [0.05, 0.1) is 0 Å². The van der Waals surface area contributed by atoms with Crippen molar-refractivity contribution in [3.8, 4) is 0 Å². The Morgan fingerprint density at radius 3 is 1.24 bits per heavy atom. The molecule has 1 heteroatoms. The molecule has 0 heterocycles. The zero-order valence-corrected chi connectivity index (χ0v) is 17.0. The monoisotopic (exact) mass is 360 g/mol. The SMILES string of the molecule is CC[c-]1ccc(C(C)C)c1.CC[c-]1ccc(C(C)C)c1.[Zr+2]. The second-order valence-electron chi connectivity index (χ2n) is 6.12. The van der Waals surface area contributed by atoms with E-state index >= 15 is 0 Å². The summed E-state index contributed by atoms with van der Waals surface area (Å²) in [5, 5.41) is 0. The van der Waals surface area contributed by atoms with Crippen LogP contribution in [0.25, 0.3) is 0 Å². The molecule has 21 heavy (non-hydrogen) atoms. The van der Waals surface area contributed by atoms with Crippen LogP contribution >= 0.6 is 0 Å². The average molecular weight is 362 g/mol. The van der Waals surface area contributed by atoms with Gasteiger partial charge in [0.1, 0.15) is 0 Å². The van der Waals surface area contributed by atoms with Crippen molar-refractivity contribution in [3.63, 3.8) is 0 Å². The van der Waals surface area contributed by atoms with Gasteiger partial charge in [0.25, 0.3) is 0 Å². The second kappa shape index (κ2) is 10.3. The molecule has 0 aromatic heterocycles. The third-order valence-electron chi connectivity index (χ3n) is 3.83. The fourth-order valence-corrected chi connectivity index (χ4v) is 2.19. The summed E-state index contributed by atoms with van der Waals surface area (Å²) in [5.41, 5.74) is 5.86. The third kappa shape index (κ3) is 6.92. The average Bonchev–Trinajstić information content (AvgIpc) is 3.08. The molecule has 0 nitrogen and oxygen atoms in total. The summed E-state index contributed by atoms with van der Waals surface area (Å²) in [4.78, 5) is 0. The molecule has 0 N–H and O–H groups in total. The molecule has 2 rings (SSSR count). The third-order valence-corrected chi connectivity index (χ3v) is 3.83. The van der Waals surface area contributed by atoms with Gasteiger partial charge in [-0.25, -0.2) is 12.1 Å². The summed E-state index contributed by atoms with van der Waals surface area (Å²) >= 11 is 0. The quantitative estimate of drug-likeness (QED) is 0.570. The summed E-state index contributed by atoms with van der Waals surface area (Å²) in [7, 11) is 0. The standard InChI is InChI=1S/2C10H15.Zr/c2*1-4-9-5-6-10(7-9)8(2)3;/h2*5-8H,4H2,1-3H3;/q2*-1;+2. The van der Waals surface area contributed by atoms with Gasteiger partial charge in [-0.15, -0.1) is 0 Å². The Hall–Kier alpha value is -0.417. The first-order valence-electron chi connectivity index (χ1n) is 7.98. The second-order valence-corrected chi connectivity index (χ2v) is 6.12. The van der Waals surface area contributed by atoms with Crippen molar-refractivity contribution in [2.45, 2.75) is 66.2 Å². The summed E-state index contributed by atoms with van der Waals surface area (Å²) in [6, 6.07) is 13.5. The molecule has 0 bridgehead atoms. The Kier molecular flexibility index (Phi) is 10.1. The first kappa shape index (κ1) is 20.6. The van der Waals surface area contributed by atoms with Crippen LogP contribution in [0.4, 0.5) is 0 Å². The fraction of sp³-hybridized carbons (Fsp3) is 0.500. The molecule has 114 valence electrons. The smallest absolute Gasteiger partial charge is 0.210 e. The Morgan fingerprint density at radius 1 is 0.762 bits per heavy atom. The van der Waals surface area contributed by atoms with E-state index in [2.05, 4.69) is 77.9 Å². The van der Waals surface area contributed by atoms with E-state index in [1.54, 1.807) is 0 Å². The maximum atomic E-state index is 2.30. The van der Waals surface area contributed by atoms with Gasteiger partial charge in [-0.3, -0.25) is 0 Å². The van der Waals surface area contributed by atoms with Crippen molar-refractivity contribution in [1.29, 1.82) is 0 Å². The number of aryl methyl sites for hydroxylation is 2. The largest absolute Gasteiger partial charge is 2.00 e. The summed E-state index contributed by atoms with van der Waals surface area (Å²) in [5.74, 6) is 1.36. The molecule has 0 saturated heterocycles. The minimum atomic E-state index is 0. The van der Waals surface area contributed by atoms with E-state index in [4.69, 9.17) is 0 Å². The van der Waals surface area contributed by atoms with Crippen LogP contribution in [0, 0.1) is 0 Å². The molecule has 0 fully saturated rings. The Balaban J connectivity index is 0.000000364. The van der Waals surface area contributed by atoms with E-state index in [1.807, 2.05) is 0 Å². The molecule has 0 atom stereocenters. The molecular formula is C20H30Zr. The molecule has 0 amide bonds. The van der Waals surface area contributed by atoms with Gasteiger partial charge < -0.3 is 0 Å². The molecule has 2 aromatic carbocycles. The predicted molar refractivity (Wildman–Crippen MR) is 91.0 cm³/mol. The molecule has 0 aliphatic heterocycles. The number of hydrogen-bond acceptors (Lipinski definition) is 0. The molecule has 0 radical (unpaired) electrons. The van der Waals surface area contributed by atoms with E-state index < -0.39 is 0 Å². The molecule has 0 saturated carbocycles. The van der Waals surface area contributed by atoms with Crippen LogP contribution in [0.3, 0.4) is 0 Å². The minimum absolute atomic E-state index is 0. The van der Waals surface area contributed by atoms with Crippen molar-refractivity contribution in [2.75, 3.05) is 0 Å². The minimum Gasteiger partial charge on any atom is -0.210 e. The number of rotatable bonds is 4. The van der Waals surface area contributed by atoms with E-state index in [0.29, 0.717) is 11.8 Å². The first-order chi connectivity index (χ1) is 9.47. The van der Waals surface area contributed by atoms with E-state index in [0.717, 1.165) is 12.8 Å². The first-order valence-corrected chi connectivity index (χ1v) is 7.98. The van der Waals surface area contributed by atoms with Crippen molar-refractivity contribution in [2.24, 2.45) is 0 Å². The molecule has 0 spiro atoms. The maximum Gasteiger partial charge on any atom is 2.00 e. The van der Waals surface area contributed by atoms with Crippen molar-refractivity contribution >= 4 is 0 Å². The van der Waals surface area contributed by atoms with Gasteiger partial charge in [0, 0.05) is 0 Å². The van der Waals surface area contributed by atoms with Crippen LogP contribution in [0.5, 0.6) is 0 Å². The van der Waals surface area contributed by atoms with Crippen LogP contribution < -0.4 is 0 Å². The van der Waals surface area contributed by atoms with Gasteiger partial charge in [0.15, 0.2) is 0 Å². The fourth-order valence-electron chi connectivity index (χ4n) is 2.19. The van der Waals surface area contributed by atoms with Crippen LogP contribution in [-0.4, -0.2) is 0 Å². The zero-order chi connectivity index (χ0) is 15.1. The summed E-state index contributed by atoms with van der Waals surface area (Å²) in [6.07, 6.45) is 2.32. The van der Waals surface area contributed by atoms with E-state index in [-0.39, 0.29) is 26.2 Å². The molecule has 2 aromatic rings. The van der Waals surface area contributed by atoms with Gasteiger partial charge in [0.2, 0.25) is 0 Å². The maximum absolute atomic E-state index is 2.30. The Labute approximate surface area is 150 Å². The van der Waals surface area contributed by atoms with Crippen LogP contribution in [-0.2, 0) is 39.0 Å². The van der Waals surface area contributed by atoms with E-state index in [9.17, 15) is 0 Å². The van der Waals surface area contributed by atoms with Gasteiger partial charge in [-0.05, 0) is 0 Å².